The van der Waals surface area contributed by atoms with Gasteiger partial charge < -0.3 is 15.8 Å². The summed E-state index contributed by atoms with van der Waals surface area (Å²) in [6.07, 6.45) is 2.54. The van der Waals surface area contributed by atoms with E-state index in [1.54, 1.807) is 0 Å². The van der Waals surface area contributed by atoms with Crippen molar-refractivity contribution in [1.29, 1.82) is 0 Å². The van der Waals surface area contributed by atoms with E-state index in [1.807, 2.05) is 6.92 Å². The number of rotatable bonds is 5. The molecule has 2 unspecified atom stereocenters. The maximum absolute atomic E-state index is 5.98. The van der Waals surface area contributed by atoms with Crippen LogP contribution >= 0.6 is 0 Å². The molecule has 0 amide bonds. The Morgan fingerprint density at radius 3 is 2.80 bits per heavy atom. The van der Waals surface area contributed by atoms with Crippen molar-refractivity contribution < 1.29 is 4.74 Å². The fourth-order valence-corrected chi connectivity index (χ4v) is 2.59. The average molecular weight is 278 g/mol. The van der Waals surface area contributed by atoms with Gasteiger partial charge in [-0.05, 0) is 19.8 Å². The first-order valence-electron chi connectivity index (χ1n) is 7.52. The molecule has 1 aromatic rings. The van der Waals surface area contributed by atoms with E-state index in [1.165, 1.54) is 0 Å². The highest BCUT2D eigenvalue weighted by atomic mass is 16.5. The van der Waals surface area contributed by atoms with E-state index in [0.717, 1.165) is 43.2 Å². The summed E-state index contributed by atoms with van der Waals surface area (Å²) in [5.74, 6) is 3.06. The Labute approximate surface area is 121 Å². The van der Waals surface area contributed by atoms with Gasteiger partial charge in [-0.15, -0.1) is 0 Å². The van der Waals surface area contributed by atoms with Gasteiger partial charge in [0, 0.05) is 30.6 Å². The summed E-state index contributed by atoms with van der Waals surface area (Å²) in [5.41, 5.74) is 6.91. The number of hydrogen-bond acceptors (Lipinski definition) is 5. The van der Waals surface area contributed by atoms with Gasteiger partial charge in [0.15, 0.2) is 0 Å². The molecule has 5 nitrogen and oxygen atoms in total. The standard InChI is InChI=1S/C15H26N4O/c1-5-12-11(6-7-20-12)8-17-15-10(4)13(16)18-14(19-15)9(2)3/h9,11-12H,5-8H2,1-4H3,(H3,16,17,18,19). The second kappa shape index (κ2) is 6.39. The van der Waals surface area contributed by atoms with Crippen LogP contribution < -0.4 is 11.1 Å². The Bertz CT molecular complexity index is 461. The Kier molecular flexibility index (Phi) is 4.81. The maximum Gasteiger partial charge on any atom is 0.135 e. The van der Waals surface area contributed by atoms with Gasteiger partial charge in [-0.1, -0.05) is 20.8 Å². The molecule has 112 valence electrons. The molecule has 2 atom stereocenters. The number of hydrogen-bond donors (Lipinski definition) is 2. The van der Waals surface area contributed by atoms with Gasteiger partial charge in [0.2, 0.25) is 0 Å². The topological polar surface area (TPSA) is 73.1 Å². The van der Waals surface area contributed by atoms with E-state index >= 15 is 0 Å². The fourth-order valence-electron chi connectivity index (χ4n) is 2.59. The number of nitrogen functional groups attached to an aromatic ring is 1. The normalized spacial score (nSPS) is 22.4. The minimum absolute atomic E-state index is 0.275. The molecule has 0 spiro atoms. The van der Waals surface area contributed by atoms with Crippen LogP contribution in [0.15, 0.2) is 0 Å². The maximum atomic E-state index is 5.98. The first-order valence-corrected chi connectivity index (χ1v) is 7.52. The van der Waals surface area contributed by atoms with Crippen LogP contribution in [0.4, 0.5) is 11.6 Å². The third kappa shape index (κ3) is 3.20. The van der Waals surface area contributed by atoms with Crippen LogP contribution in [0.5, 0.6) is 0 Å². The van der Waals surface area contributed by atoms with Crippen molar-refractivity contribution in [1.82, 2.24) is 9.97 Å². The quantitative estimate of drug-likeness (QED) is 0.866. The van der Waals surface area contributed by atoms with E-state index < -0.39 is 0 Å². The molecule has 0 saturated carbocycles. The van der Waals surface area contributed by atoms with Crippen molar-refractivity contribution >= 4 is 11.6 Å². The molecular weight excluding hydrogens is 252 g/mol. The van der Waals surface area contributed by atoms with Gasteiger partial charge in [0.25, 0.3) is 0 Å². The number of anilines is 2. The molecule has 1 aromatic heterocycles. The lowest BCUT2D eigenvalue weighted by atomic mass is 9.99. The van der Waals surface area contributed by atoms with Crippen LogP contribution in [0.25, 0.3) is 0 Å². The van der Waals surface area contributed by atoms with E-state index in [9.17, 15) is 0 Å². The molecule has 5 heteroatoms. The lowest BCUT2D eigenvalue weighted by Gasteiger charge is -2.19. The highest BCUT2D eigenvalue weighted by Gasteiger charge is 2.26. The number of nitrogens with one attached hydrogen (secondary N) is 1. The molecule has 0 aliphatic carbocycles. The molecule has 0 bridgehead atoms. The second-order valence-electron chi connectivity index (χ2n) is 5.84. The van der Waals surface area contributed by atoms with Crippen LogP contribution in [0.1, 0.15) is 50.9 Å². The minimum Gasteiger partial charge on any atom is -0.383 e. The van der Waals surface area contributed by atoms with Crippen molar-refractivity contribution in [2.24, 2.45) is 5.92 Å². The number of aromatic nitrogens is 2. The first kappa shape index (κ1) is 15.0. The summed E-state index contributed by atoms with van der Waals surface area (Å²) in [4.78, 5) is 8.95. The molecule has 0 radical (unpaired) electrons. The second-order valence-corrected chi connectivity index (χ2v) is 5.84. The first-order chi connectivity index (χ1) is 9.52. The molecule has 2 rings (SSSR count). The van der Waals surface area contributed by atoms with Crippen LogP contribution in [0.3, 0.4) is 0 Å². The summed E-state index contributed by atoms with van der Waals surface area (Å²) in [6.45, 7) is 10.0. The molecule has 3 N–H and O–H groups in total. The van der Waals surface area contributed by atoms with Gasteiger partial charge in [-0.25, -0.2) is 9.97 Å². The van der Waals surface area contributed by atoms with Gasteiger partial charge in [0.05, 0.1) is 6.10 Å². The van der Waals surface area contributed by atoms with E-state index in [0.29, 0.717) is 17.8 Å². The average Bonchev–Trinajstić information content (AvgIpc) is 2.87. The zero-order valence-electron chi connectivity index (χ0n) is 12.9. The van der Waals surface area contributed by atoms with E-state index in [-0.39, 0.29) is 5.92 Å². The molecule has 1 aliphatic heterocycles. The lowest BCUT2D eigenvalue weighted by molar-refractivity contribution is 0.0900. The molecule has 0 aromatic carbocycles. The van der Waals surface area contributed by atoms with Crippen molar-refractivity contribution in [3.05, 3.63) is 11.4 Å². The third-order valence-electron chi connectivity index (χ3n) is 4.00. The van der Waals surface area contributed by atoms with Crippen LogP contribution in [-0.2, 0) is 4.74 Å². The zero-order chi connectivity index (χ0) is 14.7. The van der Waals surface area contributed by atoms with Gasteiger partial charge >= 0.3 is 0 Å². The predicted octanol–water partition coefficient (Wildman–Crippen LogP) is 2.72. The van der Waals surface area contributed by atoms with E-state index in [4.69, 9.17) is 10.5 Å². The van der Waals surface area contributed by atoms with Gasteiger partial charge in [-0.3, -0.25) is 0 Å². The molecule has 2 heterocycles. The largest absolute Gasteiger partial charge is 0.383 e. The van der Waals surface area contributed by atoms with Crippen LogP contribution in [-0.4, -0.2) is 29.2 Å². The summed E-state index contributed by atoms with van der Waals surface area (Å²) in [5, 5.41) is 3.44. The zero-order valence-corrected chi connectivity index (χ0v) is 12.9. The SMILES string of the molecule is CCC1OCCC1CNc1nc(C(C)C)nc(N)c1C. The minimum atomic E-state index is 0.275. The fraction of sp³-hybridized carbons (Fsp3) is 0.733. The molecule has 1 aliphatic rings. The Hall–Kier alpha value is -1.36. The van der Waals surface area contributed by atoms with Crippen molar-refractivity contribution in [3.8, 4) is 0 Å². The van der Waals surface area contributed by atoms with Crippen molar-refractivity contribution in [2.45, 2.75) is 52.6 Å². The summed E-state index contributed by atoms with van der Waals surface area (Å²) >= 11 is 0. The molecule has 1 saturated heterocycles. The number of nitrogens with two attached hydrogens (primary N) is 1. The van der Waals surface area contributed by atoms with Gasteiger partial charge in [-0.2, -0.15) is 0 Å². The number of nitrogens with zero attached hydrogens (tertiary/aromatic N) is 2. The van der Waals surface area contributed by atoms with Crippen molar-refractivity contribution in [2.75, 3.05) is 24.2 Å². The molecule has 20 heavy (non-hydrogen) atoms. The summed E-state index contributed by atoms with van der Waals surface area (Å²) in [6, 6.07) is 0. The molecular formula is C15H26N4O. The summed E-state index contributed by atoms with van der Waals surface area (Å²) in [7, 11) is 0. The van der Waals surface area contributed by atoms with Crippen LogP contribution in [0.2, 0.25) is 0 Å². The third-order valence-corrected chi connectivity index (χ3v) is 4.00. The predicted molar refractivity (Wildman–Crippen MR) is 81.9 cm³/mol. The Balaban J connectivity index is 2.08. The van der Waals surface area contributed by atoms with Crippen molar-refractivity contribution in [3.63, 3.8) is 0 Å². The smallest absolute Gasteiger partial charge is 0.135 e. The Morgan fingerprint density at radius 2 is 2.15 bits per heavy atom. The van der Waals surface area contributed by atoms with E-state index in [2.05, 4.69) is 36.1 Å². The highest BCUT2D eigenvalue weighted by molar-refractivity contribution is 5.55. The highest BCUT2D eigenvalue weighted by Crippen LogP contribution is 2.25. The number of ether oxygens (including phenoxy) is 1. The van der Waals surface area contributed by atoms with Crippen LogP contribution in [0, 0.1) is 12.8 Å². The lowest BCUT2D eigenvalue weighted by Crippen LogP contribution is -2.24. The molecule has 1 fully saturated rings. The van der Waals surface area contributed by atoms with Gasteiger partial charge in [0.1, 0.15) is 17.5 Å². The Morgan fingerprint density at radius 1 is 1.40 bits per heavy atom. The summed E-state index contributed by atoms with van der Waals surface area (Å²) < 4.78 is 5.72. The monoisotopic (exact) mass is 278 g/mol.